The summed E-state index contributed by atoms with van der Waals surface area (Å²) in [7, 11) is 0. The number of ketones is 1. The SMILES string of the molecule is CC(=O)OCC1(C)C=C2C(=O)[C@](C)(O)C3(CC3)C(C)=C2C1O. The molecule has 3 rings (SSSR count). The zero-order valence-corrected chi connectivity index (χ0v) is 13.4. The Morgan fingerprint density at radius 3 is 2.50 bits per heavy atom. The highest BCUT2D eigenvalue weighted by Gasteiger charge is 2.66. The third kappa shape index (κ3) is 1.72. The number of ether oxygens (including phenoxy) is 1. The molecule has 1 saturated carbocycles. The van der Waals surface area contributed by atoms with E-state index < -0.39 is 28.5 Å². The molecule has 0 aromatic heterocycles. The fourth-order valence-corrected chi connectivity index (χ4v) is 4.03. The van der Waals surface area contributed by atoms with Gasteiger partial charge >= 0.3 is 5.97 Å². The predicted molar refractivity (Wildman–Crippen MR) is 78.8 cm³/mol. The van der Waals surface area contributed by atoms with Crippen LogP contribution in [-0.2, 0) is 14.3 Å². The van der Waals surface area contributed by atoms with E-state index in [1.54, 1.807) is 19.9 Å². The molecule has 22 heavy (non-hydrogen) atoms. The van der Waals surface area contributed by atoms with Gasteiger partial charge in [-0.1, -0.05) is 11.6 Å². The summed E-state index contributed by atoms with van der Waals surface area (Å²) in [5.41, 5.74) is -0.930. The number of esters is 1. The molecule has 3 aliphatic rings. The van der Waals surface area contributed by atoms with Crippen molar-refractivity contribution < 1.29 is 24.5 Å². The monoisotopic (exact) mass is 306 g/mol. The number of hydrogen-bond donors (Lipinski definition) is 2. The van der Waals surface area contributed by atoms with Gasteiger partial charge in [-0.25, -0.2) is 0 Å². The average molecular weight is 306 g/mol. The minimum Gasteiger partial charge on any atom is -0.465 e. The second-order valence-electron chi connectivity index (χ2n) is 7.27. The summed E-state index contributed by atoms with van der Waals surface area (Å²) >= 11 is 0. The first-order valence-electron chi connectivity index (χ1n) is 7.60. The zero-order chi connectivity index (χ0) is 16.5. The van der Waals surface area contributed by atoms with Gasteiger partial charge in [-0.3, -0.25) is 9.59 Å². The summed E-state index contributed by atoms with van der Waals surface area (Å²) in [6, 6.07) is 0. The van der Waals surface area contributed by atoms with E-state index in [9.17, 15) is 19.8 Å². The molecule has 5 heteroatoms. The fourth-order valence-electron chi connectivity index (χ4n) is 4.03. The van der Waals surface area contributed by atoms with Gasteiger partial charge in [0.1, 0.15) is 12.2 Å². The van der Waals surface area contributed by atoms with E-state index in [4.69, 9.17) is 4.74 Å². The zero-order valence-electron chi connectivity index (χ0n) is 13.4. The van der Waals surface area contributed by atoms with Crippen LogP contribution >= 0.6 is 0 Å². The van der Waals surface area contributed by atoms with Crippen molar-refractivity contribution in [1.82, 2.24) is 0 Å². The molecule has 2 N–H and O–H groups in total. The smallest absolute Gasteiger partial charge is 0.302 e. The Labute approximate surface area is 129 Å². The van der Waals surface area contributed by atoms with Gasteiger partial charge in [0.15, 0.2) is 5.78 Å². The quantitative estimate of drug-likeness (QED) is 0.751. The van der Waals surface area contributed by atoms with Crippen molar-refractivity contribution in [3.05, 3.63) is 22.8 Å². The van der Waals surface area contributed by atoms with Gasteiger partial charge < -0.3 is 14.9 Å². The standard InChI is InChI=1S/C17H22O5/c1-9-12-11(13(19)16(4,21)17(9)5-6-17)7-15(3,14(12)20)8-22-10(2)18/h7,14,20-21H,5-6,8H2,1-4H3/t14?,15?,16-/m0/s1. The molecular formula is C17H22O5. The van der Waals surface area contributed by atoms with E-state index in [1.165, 1.54) is 6.92 Å². The second kappa shape index (κ2) is 4.30. The highest BCUT2D eigenvalue weighted by atomic mass is 16.5. The summed E-state index contributed by atoms with van der Waals surface area (Å²) in [6.45, 7) is 6.53. The molecule has 0 saturated heterocycles. The van der Waals surface area contributed by atoms with Crippen LogP contribution in [0.1, 0.15) is 40.5 Å². The Morgan fingerprint density at radius 1 is 1.41 bits per heavy atom. The van der Waals surface area contributed by atoms with E-state index in [1.807, 2.05) is 6.92 Å². The van der Waals surface area contributed by atoms with Crippen LogP contribution in [0, 0.1) is 10.8 Å². The van der Waals surface area contributed by atoms with Crippen LogP contribution in [0.4, 0.5) is 0 Å². The van der Waals surface area contributed by atoms with Crippen LogP contribution in [0.3, 0.4) is 0 Å². The summed E-state index contributed by atoms with van der Waals surface area (Å²) in [4.78, 5) is 23.8. The van der Waals surface area contributed by atoms with Crippen molar-refractivity contribution in [2.45, 2.75) is 52.2 Å². The van der Waals surface area contributed by atoms with E-state index in [2.05, 4.69) is 0 Å². The first kappa shape index (κ1) is 15.4. The highest BCUT2D eigenvalue weighted by molar-refractivity contribution is 6.09. The van der Waals surface area contributed by atoms with Crippen LogP contribution in [0.15, 0.2) is 22.8 Å². The third-order valence-corrected chi connectivity index (χ3v) is 5.74. The molecule has 5 nitrogen and oxygen atoms in total. The Kier molecular flexibility index (Phi) is 3.01. The first-order chi connectivity index (χ1) is 10.1. The van der Waals surface area contributed by atoms with E-state index in [0.29, 0.717) is 11.1 Å². The second-order valence-corrected chi connectivity index (χ2v) is 7.27. The van der Waals surface area contributed by atoms with Crippen molar-refractivity contribution in [3.8, 4) is 0 Å². The molecule has 3 aliphatic carbocycles. The maximum absolute atomic E-state index is 12.7. The summed E-state index contributed by atoms with van der Waals surface area (Å²) in [5.74, 6) is -0.763. The lowest BCUT2D eigenvalue weighted by Crippen LogP contribution is -2.50. The largest absolute Gasteiger partial charge is 0.465 e. The first-order valence-corrected chi connectivity index (χ1v) is 7.60. The molecule has 0 aliphatic heterocycles. The molecule has 0 heterocycles. The summed E-state index contributed by atoms with van der Waals surface area (Å²) in [5, 5.41) is 21.5. The van der Waals surface area contributed by atoms with Gasteiger partial charge in [0, 0.05) is 17.9 Å². The molecule has 1 fully saturated rings. The fraction of sp³-hybridized carbons (Fsp3) is 0.647. The van der Waals surface area contributed by atoms with Crippen molar-refractivity contribution >= 4 is 11.8 Å². The maximum Gasteiger partial charge on any atom is 0.302 e. The number of aliphatic hydroxyl groups excluding tert-OH is 1. The molecule has 3 atom stereocenters. The van der Waals surface area contributed by atoms with E-state index in [-0.39, 0.29) is 12.4 Å². The van der Waals surface area contributed by atoms with Crippen LogP contribution in [-0.4, -0.2) is 40.3 Å². The van der Waals surface area contributed by atoms with Crippen LogP contribution in [0.5, 0.6) is 0 Å². The number of carbonyl (C=O) groups is 2. The Morgan fingerprint density at radius 2 is 2.00 bits per heavy atom. The van der Waals surface area contributed by atoms with Crippen molar-refractivity contribution in [2.75, 3.05) is 6.61 Å². The minimum atomic E-state index is -1.43. The van der Waals surface area contributed by atoms with Crippen molar-refractivity contribution in [3.63, 3.8) is 0 Å². The lowest BCUT2D eigenvalue weighted by Gasteiger charge is -2.39. The lowest BCUT2D eigenvalue weighted by atomic mass is 9.67. The lowest BCUT2D eigenvalue weighted by molar-refractivity contribution is -0.144. The minimum absolute atomic E-state index is 0.00615. The Balaban J connectivity index is 2.08. The predicted octanol–water partition coefficient (Wildman–Crippen LogP) is 1.29. The van der Waals surface area contributed by atoms with Gasteiger partial charge in [0.05, 0.1) is 11.5 Å². The van der Waals surface area contributed by atoms with Crippen molar-refractivity contribution in [1.29, 1.82) is 0 Å². The van der Waals surface area contributed by atoms with Crippen LogP contribution in [0.2, 0.25) is 0 Å². The normalized spacial score (nSPS) is 38.9. The summed E-state index contributed by atoms with van der Waals surface area (Å²) in [6.07, 6.45) is 2.26. The summed E-state index contributed by atoms with van der Waals surface area (Å²) < 4.78 is 5.06. The number of aliphatic hydroxyl groups is 2. The number of fused-ring (bicyclic) bond motifs is 1. The maximum atomic E-state index is 12.7. The molecule has 1 spiro atoms. The molecule has 120 valence electrons. The van der Waals surface area contributed by atoms with Crippen LogP contribution < -0.4 is 0 Å². The topological polar surface area (TPSA) is 83.8 Å². The van der Waals surface area contributed by atoms with Gasteiger partial charge in [-0.2, -0.15) is 0 Å². The molecule has 0 aromatic carbocycles. The van der Waals surface area contributed by atoms with Gasteiger partial charge in [-0.15, -0.1) is 0 Å². The van der Waals surface area contributed by atoms with E-state index in [0.717, 1.165) is 18.4 Å². The molecule has 0 radical (unpaired) electrons. The molecule has 0 amide bonds. The Bertz CT molecular complexity index is 635. The Hall–Kier alpha value is -1.46. The van der Waals surface area contributed by atoms with Crippen molar-refractivity contribution in [2.24, 2.45) is 10.8 Å². The molecule has 0 aromatic rings. The van der Waals surface area contributed by atoms with Gasteiger partial charge in [0.25, 0.3) is 0 Å². The van der Waals surface area contributed by atoms with Crippen LogP contribution in [0.25, 0.3) is 0 Å². The van der Waals surface area contributed by atoms with Gasteiger partial charge in [0.2, 0.25) is 0 Å². The molecule has 0 bridgehead atoms. The molecular weight excluding hydrogens is 284 g/mol. The molecule has 2 unspecified atom stereocenters. The highest BCUT2D eigenvalue weighted by Crippen LogP contribution is 2.65. The number of Topliss-reactive ketones (excluding diaryl/α,β-unsaturated/α-hetero) is 1. The average Bonchev–Trinajstić information content (AvgIpc) is 3.19. The van der Waals surface area contributed by atoms with Gasteiger partial charge in [-0.05, 0) is 39.2 Å². The number of hydrogen-bond acceptors (Lipinski definition) is 5. The number of rotatable bonds is 2. The third-order valence-electron chi connectivity index (χ3n) is 5.74. The van der Waals surface area contributed by atoms with E-state index >= 15 is 0 Å². The number of carbonyl (C=O) groups excluding carboxylic acids is 2.